The first-order valence-corrected chi connectivity index (χ1v) is 8.98. The molecule has 0 fully saturated rings. The number of nitrogens with zero attached hydrogens (tertiary/aromatic N) is 1. The number of aryl methyl sites for hydroxylation is 2. The van der Waals surface area contributed by atoms with E-state index in [0.29, 0.717) is 19.6 Å². The van der Waals surface area contributed by atoms with E-state index >= 15 is 0 Å². The summed E-state index contributed by atoms with van der Waals surface area (Å²) in [4.78, 5) is 16.5. The normalized spacial score (nSPS) is 12.8. The molecule has 1 aliphatic rings. The number of carbonyl (C=O) groups excluding carboxylic acids is 1. The van der Waals surface area contributed by atoms with E-state index in [4.69, 9.17) is 4.74 Å². The number of hydrogen-bond acceptors (Lipinski definition) is 4. The molecule has 2 heterocycles. The van der Waals surface area contributed by atoms with Gasteiger partial charge in [0.15, 0.2) is 0 Å². The lowest BCUT2D eigenvalue weighted by molar-refractivity contribution is -0.121. The molecular weight excluding hydrogens is 314 g/mol. The summed E-state index contributed by atoms with van der Waals surface area (Å²) in [5.41, 5.74) is 2.35. The van der Waals surface area contributed by atoms with Crippen molar-refractivity contribution < 1.29 is 9.53 Å². The van der Waals surface area contributed by atoms with Crippen molar-refractivity contribution in [3.05, 3.63) is 53.7 Å². The van der Waals surface area contributed by atoms with Crippen LogP contribution in [0, 0.1) is 0 Å². The van der Waals surface area contributed by atoms with Crippen LogP contribution < -0.4 is 15.4 Å². The van der Waals surface area contributed by atoms with E-state index in [1.54, 1.807) is 0 Å². The zero-order valence-corrected chi connectivity index (χ0v) is 14.5. The molecule has 25 heavy (non-hydrogen) atoms. The van der Waals surface area contributed by atoms with Gasteiger partial charge in [0, 0.05) is 18.7 Å². The fourth-order valence-corrected chi connectivity index (χ4v) is 2.90. The Morgan fingerprint density at radius 1 is 1.20 bits per heavy atom. The molecule has 0 spiro atoms. The van der Waals surface area contributed by atoms with Crippen molar-refractivity contribution in [2.24, 2.45) is 0 Å². The van der Waals surface area contributed by atoms with Crippen molar-refractivity contribution in [2.75, 3.05) is 25.0 Å². The van der Waals surface area contributed by atoms with Crippen LogP contribution in [0.4, 0.5) is 5.82 Å². The van der Waals surface area contributed by atoms with Crippen LogP contribution in [0.5, 0.6) is 5.75 Å². The molecule has 3 rings (SSSR count). The number of para-hydroxylation sites is 1. The van der Waals surface area contributed by atoms with E-state index in [0.717, 1.165) is 43.1 Å². The Morgan fingerprint density at radius 3 is 2.96 bits per heavy atom. The molecular formula is C20H25N3O2. The van der Waals surface area contributed by atoms with Crippen molar-refractivity contribution >= 4 is 11.7 Å². The smallest absolute Gasteiger partial charge is 0.220 e. The van der Waals surface area contributed by atoms with Gasteiger partial charge in [0.25, 0.3) is 0 Å². The number of rotatable bonds is 8. The van der Waals surface area contributed by atoms with Gasteiger partial charge in [-0.05, 0) is 49.4 Å². The molecule has 0 atom stereocenters. The number of carbonyl (C=O) groups is 1. The largest absolute Gasteiger partial charge is 0.492 e. The maximum atomic E-state index is 11.9. The van der Waals surface area contributed by atoms with Gasteiger partial charge in [-0.25, -0.2) is 4.98 Å². The summed E-state index contributed by atoms with van der Waals surface area (Å²) in [6.45, 7) is 2.00. The van der Waals surface area contributed by atoms with Crippen LogP contribution in [0.1, 0.15) is 30.5 Å². The third kappa shape index (κ3) is 5.48. The van der Waals surface area contributed by atoms with E-state index in [9.17, 15) is 4.79 Å². The molecule has 1 aliphatic heterocycles. The highest BCUT2D eigenvalue weighted by Crippen LogP contribution is 2.20. The van der Waals surface area contributed by atoms with Crippen LogP contribution >= 0.6 is 0 Å². The molecule has 0 saturated heterocycles. The quantitative estimate of drug-likeness (QED) is 0.726. The fraction of sp³-hybridized carbons (Fsp3) is 0.400. The van der Waals surface area contributed by atoms with Gasteiger partial charge in [0.05, 0.1) is 6.54 Å². The highest BCUT2D eigenvalue weighted by molar-refractivity contribution is 5.75. The van der Waals surface area contributed by atoms with Crippen molar-refractivity contribution in [1.29, 1.82) is 0 Å². The van der Waals surface area contributed by atoms with Crippen LogP contribution in [-0.4, -0.2) is 30.6 Å². The zero-order chi connectivity index (χ0) is 17.3. The Labute approximate surface area is 148 Å². The molecule has 5 nitrogen and oxygen atoms in total. The number of aromatic nitrogens is 1. The summed E-state index contributed by atoms with van der Waals surface area (Å²) < 4.78 is 5.55. The van der Waals surface area contributed by atoms with E-state index in [-0.39, 0.29) is 5.91 Å². The Bertz CT molecular complexity index is 689. The third-order valence-corrected chi connectivity index (χ3v) is 4.22. The summed E-state index contributed by atoms with van der Waals surface area (Å²) in [5, 5.41) is 6.24. The first kappa shape index (κ1) is 17.3. The molecule has 0 unspecified atom stereocenters. The topological polar surface area (TPSA) is 63.2 Å². The van der Waals surface area contributed by atoms with Crippen LogP contribution in [0.25, 0.3) is 0 Å². The maximum absolute atomic E-state index is 11.9. The summed E-state index contributed by atoms with van der Waals surface area (Å²) in [6, 6.07) is 13.9. The predicted octanol–water partition coefficient (Wildman–Crippen LogP) is 2.96. The first-order chi connectivity index (χ1) is 12.3. The number of hydrogen-bond donors (Lipinski definition) is 2. The average Bonchev–Trinajstić information content (AvgIpc) is 2.66. The molecule has 0 radical (unpaired) electrons. The lowest BCUT2D eigenvalue weighted by Crippen LogP contribution is -2.27. The Hall–Kier alpha value is -2.56. The van der Waals surface area contributed by atoms with E-state index in [1.165, 1.54) is 12.0 Å². The summed E-state index contributed by atoms with van der Waals surface area (Å²) in [7, 11) is 0. The molecule has 2 N–H and O–H groups in total. The Morgan fingerprint density at radius 2 is 2.08 bits per heavy atom. The standard InChI is InChI=1S/C20H25N3O2/c24-19(21-14-15-25-18-8-2-1-3-9-18)10-4-7-17-12-11-16-6-5-13-22-20(16)23-17/h1-3,8-9,11-12H,4-7,10,13-15H2,(H,21,24)(H,22,23). The molecule has 132 valence electrons. The number of fused-ring (bicyclic) bond motifs is 1. The van der Waals surface area contributed by atoms with Crippen molar-refractivity contribution in [3.63, 3.8) is 0 Å². The molecule has 1 aromatic heterocycles. The van der Waals surface area contributed by atoms with Gasteiger partial charge in [-0.2, -0.15) is 0 Å². The van der Waals surface area contributed by atoms with Gasteiger partial charge in [0.1, 0.15) is 18.2 Å². The number of pyridine rings is 1. The SMILES string of the molecule is O=C(CCCc1ccc2c(n1)NCCC2)NCCOc1ccccc1. The van der Waals surface area contributed by atoms with E-state index < -0.39 is 0 Å². The minimum absolute atomic E-state index is 0.0627. The van der Waals surface area contributed by atoms with Gasteiger partial charge < -0.3 is 15.4 Å². The average molecular weight is 339 g/mol. The third-order valence-electron chi connectivity index (χ3n) is 4.22. The summed E-state index contributed by atoms with van der Waals surface area (Å²) in [6.07, 6.45) is 4.41. The summed E-state index contributed by atoms with van der Waals surface area (Å²) in [5.74, 6) is 1.91. The number of amides is 1. The minimum Gasteiger partial charge on any atom is -0.492 e. The maximum Gasteiger partial charge on any atom is 0.220 e. The van der Waals surface area contributed by atoms with Crippen LogP contribution in [0.2, 0.25) is 0 Å². The number of anilines is 1. The second-order valence-corrected chi connectivity index (χ2v) is 6.21. The molecule has 1 aromatic carbocycles. The van der Waals surface area contributed by atoms with Gasteiger partial charge in [0.2, 0.25) is 5.91 Å². The lowest BCUT2D eigenvalue weighted by atomic mass is 10.1. The molecule has 0 saturated carbocycles. The minimum atomic E-state index is 0.0627. The number of nitrogens with one attached hydrogen (secondary N) is 2. The Balaban J connectivity index is 1.31. The second kappa shape index (κ2) is 9.06. The monoisotopic (exact) mass is 339 g/mol. The number of ether oxygens (including phenoxy) is 1. The van der Waals surface area contributed by atoms with Crippen LogP contribution in [-0.2, 0) is 17.6 Å². The molecule has 1 amide bonds. The van der Waals surface area contributed by atoms with Crippen molar-refractivity contribution in [1.82, 2.24) is 10.3 Å². The van der Waals surface area contributed by atoms with Gasteiger partial charge in [-0.15, -0.1) is 0 Å². The predicted molar refractivity (Wildman–Crippen MR) is 98.9 cm³/mol. The van der Waals surface area contributed by atoms with E-state index in [1.807, 2.05) is 30.3 Å². The summed E-state index contributed by atoms with van der Waals surface area (Å²) >= 11 is 0. The van der Waals surface area contributed by atoms with Gasteiger partial charge >= 0.3 is 0 Å². The highest BCUT2D eigenvalue weighted by atomic mass is 16.5. The van der Waals surface area contributed by atoms with Crippen LogP contribution in [0.3, 0.4) is 0 Å². The van der Waals surface area contributed by atoms with Gasteiger partial charge in [-0.3, -0.25) is 4.79 Å². The van der Waals surface area contributed by atoms with Crippen molar-refractivity contribution in [2.45, 2.75) is 32.1 Å². The lowest BCUT2D eigenvalue weighted by Gasteiger charge is -2.17. The van der Waals surface area contributed by atoms with E-state index in [2.05, 4.69) is 27.8 Å². The molecule has 5 heteroatoms. The zero-order valence-electron chi connectivity index (χ0n) is 14.5. The Kier molecular flexibility index (Phi) is 6.26. The van der Waals surface area contributed by atoms with Gasteiger partial charge in [-0.1, -0.05) is 24.3 Å². The highest BCUT2D eigenvalue weighted by Gasteiger charge is 2.10. The van der Waals surface area contributed by atoms with Crippen molar-refractivity contribution in [3.8, 4) is 5.75 Å². The van der Waals surface area contributed by atoms with Crippen LogP contribution in [0.15, 0.2) is 42.5 Å². The molecule has 0 aliphatic carbocycles. The first-order valence-electron chi connectivity index (χ1n) is 8.98. The molecule has 0 bridgehead atoms. The molecule has 2 aromatic rings. The second-order valence-electron chi connectivity index (χ2n) is 6.21. The fourth-order valence-electron chi connectivity index (χ4n) is 2.90. The number of benzene rings is 1.